The number of amides is 2. The summed E-state index contributed by atoms with van der Waals surface area (Å²) in [5, 5.41) is 5.82. The highest BCUT2D eigenvalue weighted by molar-refractivity contribution is 6.32. The molecule has 3 aliphatic rings. The number of ether oxygens (including phenoxy) is 1. The van der Waals surface area contributed by atoms with Crippen molar-refractivity contribution < 1.29 is 19.1 Å². The maximum atomic E-state index is 12.8. The van der Waals surface area contributed by atoms with Crippen LogP contribution in [0.3, 0.4) is 0 Å². The molecule has 0 bridgehead atoms. The summed E-state index contributed by atoms with van der Waals surface area (Å²) in [6, 6.07) is 11.7. The van der Waals surface area contributed by atoms with Gasteiger partial charge in [0.2, 0.25) is 0 Å². The first-order valence-corrected chi connectivity index (χ1v) is 11.5. The zero-order chi connectivity index (χ0) is 23.8. The van der Waals surface area contributed by atoms with Crippen molar-refractivity contribution in [3.05, 3.63) is 87.5 Å². The van der Waals surface area contributed by atoms with E-state index in [-0.39, 0.29) is 11.8 Å². The number of rotatable bonds is 4. The average Bonchev–Trinajstić information content (AvgIpc) is 3.34. The quantitative estimate of drug-likeness (QED) is 0.462. The molecular formula is C28H26N2O4. The van der Waals surface area contributed by atoms with Crippen molar-refractivity contribution in [2.45, 2.75) is 39.0 Å². The molecule has 0 radical (unpaired) electrons. The van der Waals surface area contributed by atoms with Crippen LogP contribution in [0, 0.1) is 0 Å². The topological polar surface area (TPSA) is 84.5 Å². The Kier molecular flexibility index (Phi) is 5.65. The number of allylic oxidation sites excluding steroid dienone is 5. The van der Waals surface area contributed by atoms with Crippen molar-refractivity contribution in [2.24, 2.45) is 0 Å². The third-order valence-corrected chi connectivity index (χ3v) is 6.87. The van der Waals surface area contributed by atoms with E-state index < -0.39 is 5.97 Å². The summed E-state index contributed by atoms with van der Waals surface area (Å²) in [6.07, 6.45) is 7.70. The molecule has 5 rings (SSSR count). The van der Waals surface area contributed by atoms with Crippen LogP contribution in [0.5, 0.6) is 0 Å². The van der Waals surface area contributed by atoms with Crippen LogP contribution in [0.2, 0.25) is 0 Å². The van der Waals surface area contributed by atoms with Crippen molar-refractivity contribution in [3.63, 3.8) is 0 Å². The zero-order valence-electron chi connectivity index (χ0n) is 19.3. The van der Waals surface area contributed by atoms with Crippen molar-refractivity contribution in [2.75, 3.05) is 17.7 Å². The summed E-state index contributed by atoms with van der Waals surface area (Å²) in [6.45, 7) is 2.16. The smallest absolute Gasteiger partial charge is 0.337 e. The summed E-state index contributed by atoms with van der Waals surface area (Å²) in [5.41, 5.74) is 9.07. The Hall–Kier alpha value is -3.93. The third kappa shape index (κ3) is 3.96. The van der Waals surface area contributed by atoms with Crippen LogP contribution in [0.25, 0.3) is 5.57 Å². The number of hydrogen-bond acceptors (Lipinski definition) is 4. The molecule has 2 N–H and O–H groups in total. The minimum absolute atomic E-state index is 0.123. The van der Waals surface area contributed by atoms with Gasteiger partial charge in [-0.25, -0.2) is 4.79 Å². The SMILES string of the molecule is COC(=O)c1ccc(C(=O)Nc2ccc3c(c2)C(=CC2=C(C)C4=C(CCCC4)C2)C(=O)N3)cc1. The van der Waals surface area contributed by atoms with Crippen LogP contribution in [0.4, 0.5) is 11.4 Å². The largest absolute Gasteiger partial charge is 0.465 e. The van der Waals surface area contributed by atoms with E-state index in [2.05, 4.69) is 17.6 Å². The van der Waals surface area contributed by atoms with Gasteiger partial charge in [0.1, 0.15) is 0 Å². The Morgan fingerprint density at radius 1 is 1.03 bits per heavy atom. The molecule has 2 aliphatic carbocycles. The molecule has 0 saturated heterocycles. The van der Waals surface area contributed by atoms with E-state index in [0.29, 0.717) is 22.4 Å². The molecule has 0 atom stereocenters. The van der Waals surface area contributed by atoms with Crippen molar-refractivity contribution >= 4 is 34.7 Å². The van der Waals surface area contributed by atoms with E-state index in [1.54, 1.807) is 30.3 Å². The minimum Gasteiger partial charge on any atom is -0.465 e. The van der Waals surface area contributed by atoms with E-state index in [4.69, 9.17) is 4.74 Å². The fourth-order valence-corrected chi connectivity index (χ4v) is 4.99. The highest BCUT2D eigenvalue weighted by Crippen LogP contribution is 2.43. The molecule has 0 saturated carbocycles. The van der Waals surface area contributed by atoms with Gasteiger partial charge in [0, 0.05) is 28.1 Å². The van der Waals surface area contributed by atoms with Crippen LogP contribution < -0.4 is 10.6 Å². The molecule has 0 aromatic heterocycles. The lowest BCUT2D eigenvalue weighted by Crippen LogP contribution is -2.12. The molecule has 34 heavy (non-hydrogen) atoms. The van der Waals surface area contributed by atoms with Crippen LogP contribution in [0.15, 0.2) is 70.8 Å². The van der Waals surface area contributed by atoms with E-state index in [9.17, 15) is 14.4 Å². The van der Waals surface area contributed by atoms with Gasteiger partial charge in [-0.05, 0) is 104 Å². The third-order valence-electron chi connectivity index (χ3n) is 6.87. The highest BCUT2D eigenvalue weighted by atomic mass is 16.5. The first kappa shape index (κ1) is 21.9. The lowest BCUT2D eigenvalue weighted by atomic mass is 9.91. The number of esters is 1. The molecule has 0 spiro atoms. The zero-order valence-corrected chi connectivity index (χ0v) is 19.3. The molecule has 6 nitrogen and oxygen atoms in total. The molecule has 6 heteroatoms. The number of carbonyl (C=O) groups is 3. The number of carbonyl (C=O) groups excluding carboxylic acids is 3. The monoisotopic (exact) mass is 454 g/mol. The summed E-state index contributed by atoms with van der Waals surface area (Å²) >= 11 is 0. The van der Waals surface area contributed by atoms with Gasteiger partial charge in [-0.2, -0.15) is 0 Å². The standard InChI is InChI=1S/C28H26N2O4/c1-16-20(13-19-5-3-4-6-22(16)19)14-24-23-15-21(11-12-25(23)30-27(24)32)29-26(31)17-7-9-18(10-8-17)28(33)34-2/h7-12,14-15H,3-6,13H2,1-2H3,(H,29,31)(H,30,32). The number of hydrogen-bond donors (Lipinski definition) is 2. The van der Waals surface area contributed by atoms with Gasteiger partial charge >= 0.3 is 5.97 Å². The summed E-state index contributed by atoms with van der Waals surface area (Å²) < 4.78 is 4.69. The number of methoxy groups -OCH3 is 1. The Labute approximate surface area is 198 Å². The van der Waals surface area contributed by atoms with E-state index >= 15 is 0 Å². The van der Waals surface area contributed by atoms with E-state index in [0.717, 1.165) is 30.5 Å². The van der Waals surface area contributed by atoms with Crippen LogP contribution >= 0.6 is 0 Å². The van der Waals surface area contributed by atoms with Gasteiger partial charge < -0.3 is 15.4 Å². The number of nitrogens with one attached hydrogen (secondary N) is 2. The normalized spacial score (nSPS) is 18.1. The van der Waals surface area contributed by atoms with E-state index in [1.165, 1.54) is 42.2 Å². The summed E-state index contributed by atoms with van der Waals surface area (Å²) in [4.78, 5) is 37.1. The van der Waals surface area contributed by atoms with Gasteiger partial charge in [0.15, 0.2) is 0 Å². The Bertz CT molecular complexity index is 1310. The predicted octanol–water partition coefficient (Wildman–Crippen LogP) is 5.65. The fourth-order valence-electron chi connectivity index (χ4n) is 4.99. The van der Waals surface area contributed by atoms with Crippen LogP contribution in [-0.2, 0) is 9.53 Å². The Morgan fingerprint density at radius 2 is 1.76 bits per heavy atom. The second-order valence-electron chi connectivity index (χ2n) is 8.91. The molecule has 172 valence electrons. The molecule has 2 aromatic rings. The molecule has 2 amide bonds. The van der Waals surface area contributed by atoms with Crippen molar-refractivity contribution in [3.8, 4) is 0 Å². The van der Waals surface area contributed by atoms with Crippen molar-refractivity contribution in [1.82, 2.24) is 0 Å². The van der Waals surface area contributed by atoms with Gasteiger partial charge in [-0.1, -0.05) is 5.57 Å². The second-order valence-corrected chi connectivity index (χ2v) is 8.91. The number of fused-ring (bicyclic) bond motifs is 1. The summed E-state index contributed by atoms with van der Waals surface area (Å²) in [5.74, 6) is -0.877. The van der Waals surface area contributed by atoms with Gasteiger partial charge in [0.25, 0.3) is 11.8 Å². The molecule has 1 heterocycles. The lowest BCUT2D eigenvalue weighted by molar-refractivity contribution is -0.110. The van der Waals surface area contributed by atoms with E-state index in [1.807, 2.05) is 18.2 Å². The van der Waals surface area contributed by atoms with Crippen LogP contribution in [-0.4, -0.2) is 24.9 Å². The Morgan fingerprint density at radius 3 is 2.50 bits per heavy atom. The first-order valence-electron chi connectivity index (χ1n) is 11.5. The van der Waals surface area contributed by atoms with Crippen molar-refractivity contribution in [1.29, 1.82) is 0 Å². The predicted molar refractivity (Wildman–Crippen MR) is 132 cm³/mol. The fraction of sp³-hybridized carbons (Fsp3) is 0.250. The number of benzene rings is 2. The van der Waals surface area contributed by atoms with Crippen LogP contribution in [0.1, 0.15) is 65.3 Å². The minimum atomic E-state index is -0.453. The maximum Gasteiger partial charge on any atom is 0.337 e. The first-order chi connectivity index (χ1) is 16.4. The van der Waals surface area contributed by atoms with Gasteiger partial charge in [-0.15, -0.1) is 0 Å². The lowest BCUT2D eigenvalue weighted by Gasteiger charge is -2.14. The second kappa shape index (κ2) is 8.78. The Balaban J connectivity index is 1.38. The highest BCUT2D eigenvalue weighted by Gasteiger charge is 2.28. The molecule has 1 aliphatic heterocycles. The van der Waals surface area contributed by atoms with Gasteiger partial charge in [-0.3, -0.25) is 9.59 Å². The maximum absolute atomic E-state index is 12.8. The molecular weight excluding hydrogens is 428 g/mol. The summed E-state index contributed by atoms with van der Waals surface area (Å²) in [7, 11) is 1.31. The number of anilines is 2. The van der Waals surface area contributed by atoms with Gasteiger partial charge in [0.05, 0.1) is 12.7 Å². The average molecular weight is 455 g/mol. The molecule has 0 unspecified atom stereocenters. The molecule has 2 aromatic carbocycles. The molecule has 0 fully saturated rings.